The van der Waals surface area contributed by atoms with Gasteiger partial charge in [-0.15, -0.1) is 0 Å². The molecule has 0 aromatic heterocycles. The summed E-state index contributed by atoms with van der Waals surface area (Å²) in [6.45, 7) is 7.72. The lowest BCUT2D eigenvalue weighted by Gasteiger charge is -2.32. The fraction of sp³-hybridized carbons (Fsp3) is 0.889. The van der Waals surface area contributed by atoms with Crippen molar-refractivity contribution in [3.8, 4) is 0 Å². The Kier molecular flexibility index (Phi) is 3.69. The maximum Gasteiger partial charge on any atom is 0.239 e. The van der Waals surface area contributed by atoms with E-state index in [1.165, 1.54) is 0 Å². The van der Waals surface area contributed by atoms with Gasteiger partial charge < -0.3 is 10.2 Å². The Labute approximate surface area is 79.9 Å². The number of fused-ring (bicyclic) bond motifs is 1. The van der Waals surface area contributed by atoms with Gasteiger partial charge in [0.25, 0.3) is 0 Å². The maximum absolute atomic E-state index is 11.2. The fourth-order valence-electron chi connectivity index (χ4n) is 1.69. The van der Waals surface area contributed by atoms with Crippen LogP contribution >= 0.6 is 0 Å². The molecule has 1 amide bonds. The van der Waals surface area contributed by atoms with Gasteiger partial charge in [0, 0.05) is 19.6 Å². The summed E-state index contributed by atoms with van der Waals surface area (Å²) >= 11 is 0. The molecule has 1 atom stereocenters. The SMILES string of the molecule is CC.CN1CCN2CNC(=O)C2C1. The lowest BCUT2D eigenvalue weighted by molar-refractivity contribution is -0.122. The van der Waals surface area contributed by atoms with Crippen molar-refractivity contribution in [2.75, 3.05) is 33.4 Å². The quantitative estimate of drug-likeness (QED) is 0.563. The van der Waals surface area contributed by atoms with Gasteiger partial charge in [-0.3, -0.25) is 9.69 Å². The molecule has 2 fully saturated rings. The summed E-state index contributed by atoms with van der Waals surface area (Å²) in [5, 5.41) is 2.84. The Hall–Kier alpha value is -0.610. The fourth-order valence-corrected chi connectivity index (χ4v) is 1.69. The highest BCUT2D eigenvalue weighted by Crippen LogP contribution is 2.11. The Balaban J connectivity index is 0.000000396. The highest BCUT2D eigenvalue weighted by molar-refractivity contribution is 5.83. The third-order valence-electron chi connectivity index (χ3n) is 2.45. The molecular formula is C9H19N3O. The highest BCUT2D eigenvalue weighted by atomic mass is 16.2. The average molecular weight is 185 g/mol. The smallest absolute Gasteiger partial charge is 0.239 e. The second kappa shape index (κ2) is 4.58. The lowest BCUT2D eigenvalue weighted by atomic mass is 10.2. The summed E-state index contributed by atoms with van der Waals surface area (Å²) in [6, 6.07) is 0.119. The second-order valence-corrected chi connectivity index (χ2v) is 3.29. The van der Waals surface area contributed by atoms with E-state index in [1.54, 1.807) is 0 Å². The van der Waals surface area contributed by atoms with Crippen LogP contribution in [0.3, 0.4) is 0 Å². The van der Waals surface area contributed by atoms with Crippen molar-refractivity contribution in [1.82, 2.24) is 15.1 Å². The number of hydrogen-bond acceptors (Lipinski definition) is 3. The molecule has 2 heterocycles. The van der Waals surface area contributed by atoms with E-state index in [9.17, 15) is 4.79 Å². The number of nitrogens with one attached hydrogen (secondary N) is 1. The molecule has 0 spiro atoms. The molecule has 4 nitrogen and oxygen atoms in total. The molecule has 4 heteroatoms. The standard InChI is InChI=1S/C7H13N3O.C2H6/c1-9-2-3-10-5-8-7(11)6(10)4-9;1-2/h6H,2-5H2,1H3,(H,8,11);1-2H3. The molecule has 0 bridgehead atoms. The predicted molar refractivity (Wildman–Crippen MR) is 52.3 cm³/mol. The zero-order valence-electron chi connectivity index (χ0n) is 8.71. The van der Waals surface area contributed by atoms with E-state index in [2.05, 4.69) is 22.2 Å². The minimum atomic E-state index is 0.119. The van der Waals surface area contributed by atoms with Crippen LogP contribution in [-0.2, 0) is 4.79 Å². The first-order valence-corrected chi connectivity index (χ1v) is 4.97. The molecule has 0 saturated carbocycles. The maximum atomic E-state index is 11.2. The van der Waals surface area contributed by atoms with Gasteiger partial charge in [-0.05, 0) is 7.05 Å². The number of amides is 1. The van der Waals surface area contributed by atoms with Crippen LogP contribution in [0.25, 0.3) is 0 Å². The summed E-state index contributed by atoms with van der Waals surface area (Å²) in [7, 11) is 2.06. The molecule has 0 radical (unpaired) electrons. The normalized spacial score (nSPS) is 28.8. The Morgan fingerprint density at radius 2 is 2.08 bits per heavy atom. The van der Waals surface area contributed by atoms with Gasteiger partial charge in [0.2, 0.25) is 5.91 Å². The van der Waals surface area contributed by atoms with Crippen molar-refractivity contribution in [2.24, 2.45) is 0 Å². The van der Waals surface area contributed by atoms with E-state index in [0.717, 1.165) is 26.3 Å². The molecule has 2 aliphatic rings. The summed E-state index contributed by atoms with van der Waals surface area (Å²) in [5.74, 6) is 0.191. The number of carbonyl (C=O) groups excluding carboxylic acids is 1. The van der Waals surface area contributed by atoms with E-state index in [0.29, 0.717) is 0 Å². The van der Waals surface area contributed by atoms with Crippen molar-refractivity contribution in [3.63, 3.8) is 0 Å². The van der Waals surface area contributed by atoms with Crippen LogP contribution in [0.2, 0.25) is 0 Å². The van der Waals surface area contributed by atoms with Crippen LogP contribution in [0.4, 0.5) is 0 Å². The van der Waals surface area contributed by atoms with Crippen molar-refractivity contribution < 1.29 is 4.79 Å². The van der Waals surface area contributed by atoms with E-state index >= 15 is 0 Å². The van der Waals surface area contributed by atoms with E-state index in [4.69, 9.17) is 0 Å². The Morgan fingerprint density at radius 1 is 1.38 bits per heavy atom. The highest BCUT2D eigenvalue weighted by Gasteiger charge is 2.35. The van der Waals surface area contributed by atoms with Crippen LogP contribution in [0.15, 0.2) is 0 Å². The van der Waals surface area contributed by atoms with Crippen LogP contribution in [0.5, 0.6) is 0 Å². The van der Waals surface area contributed by atoms with Gasteiger partial charge in [-0.25, -0.2) is 0 Å². The second-order valence-electron chi connectivity index (χ2n) is 3.29. The molecule has 1 unspecified atom stereocenters. The first-order chi connectivity index (χ1) is 6.27. The third kappa shape index (κ3) is 2.19. The molecule has 2 saturated heterocycles. The number of likely N-dealkylation sites (N-methyl/N-ethyl adjacent to an activating group) is 1. The molecule has 2 rings (SSSR count). The molecule has 0 aromatic carbocycles. The van der Waals surface area contributed by atoms with Gasteiger partial charge in [0.1, 0.15) is 6.04 Å². The number of rotatable bonds is 0. The topological polar surface area (TPSA) is 35.6 Å². The summed E-state index contributed by atoms with van der Waals surface area (Å²) in [6.07, 6.45) is 0. The zero-order valence-corrected chi connectivity index (χ0v) is 8.71. The molecule has 0 aromatic rings. The summed E-state index contributed by atoms with van der Waals surface area (Å²) in [5.41, 5.74) is 0. The number of hydrogen-bond donors (Lipinski definition) is 1. The van der Waals surface area contributed by atoms with Gasteiger partial charge in [0.05, 0.1) is 6.67 Å². The molecule has 1 N–H and O–H groups in total. The number of carbonyl (C=O) groups is 1. The van der Waals surface area contributed by atoms with E-state index in [-0.39, 0.29) is 11.9 Å². The predicted octanol–water partition coefficient (Wildman–Crippen LogP) is -0.284. The monoisotopic (exact) mass is 185 g/mol. The number of piperazine rings is 1. The zero-order chi connectivity index (χ0) is 9.84. The first-order valence-electron chi connectivity index (χ1n) is 4.97. The van der Waals surface area contributed by atoms with Crippen molar-refractivity contribution >= 4 is 5.91 Å². The van der Waals surface area contributed by atoms with Crippen LogP contribution < -0.4 is 5.32 Å². The molecule has 13 heavy (non-hydrogen) atoms. The minimum absolute atomic E-state index is 0.119. The Bertz CT molecular complexity index is 184. The van der Waals surface area contributed by atoms with Crippen LogP contribution in [-0.4, -0.2) is 55.1 Å². The van der Waals surface area contributed by atoms with Gasteiger partial charge in [-0.1, -0.05) is 13.8 Å². The lowest BCUT2D eigenvalue weighted by Crippen LogP contribution is -2.50. The number of nitrogens with zero attached hydrogens (tertiary/aromatic N) is 2. The van der Waals surface area contributed by atoms with Crippen molar-refractivity contribution in [2.45, 2.75) is 19.9 Å². The van der Waals surface area contributed by atoms with Gasteiger partial charge in [0.15, 0.2) is 0 Å². The average Bonchev–Trinajstić information content (AvgIpc) is 2.52. The molecule has 0 aliphatic carbocycles. The van der Waals surface area contributed by atoms with Crippen LogP contribution in [0, 0.1) is 0 Å². The van der Waals surface area contributed by atoms with E-state index in [1.807, 2.05) is 13.8 Å². The molecule has 2 aliphatic heterocycles. The largest absolute Gasteiger partial charge is 0.342 e. The Morgan fingerprint density at radius 3 is 2.77 bits per heavy atom. The summed E-state index contributed by atoms with van der Waals surface area (Å²) < 4.78 is 0. The van der Waals surface area contributed by atoms with Gasteiger partial charge in [-0.2, -0.15) is 0 Å². The van der Waals surface area contributed by atoms with Crippen LogP contribution in [0.1, 0.15) is 13.8 Å². The first kappa shape index (κ1) is 10.5. The van der Waals surface area contributed by atoms with Crippen molar-refractivity contribution in [1.29, 1.82) is 0 Å². The third-order valence-corrected chi connectivity index (χ3v) is 2.45. The molecule has 76 valence electrons. The summed E-state index contributed by atoms with van der Waals surface area (Å²) in [4.78, 5) is 15.6. The van der Waals surface area contributed by atoms with E-state index < -0.39 is 0 Å². The minimum Gasteiger partial charge on any atom is -0.342 e. The van der Waals surface area contributed by atoms with Gasteiger partial charge >= 0.3 is 0 Å². The molecular weight excluding hydrogens is 166 g/mol. The van der Waals surface area contributed by atoms with Crippen molar-refractivity contribution in [3.05, 3.63) is 0 Å².